The minimum absolute atomic E-state index is 0.0329. The van der Waals surface area contributed by atoms with Gasteiger partial charge in [0.2, 0.25) is 0 Å². The summed E-state index contributed by atoms with van der Waals surface area (Å²) >= 11 is 0. The molecule has 96 valence electrons. The van der Waals surface area contributed by atoms with Gasteiger partial charge in [-0.05, 0) is 19.4 Å². The molecule has 18 heavy (non-hydrogen) atoms. The predicted octanol–water partition coefficient (Wildman–Crippen LogP) is 1.64. The average molecular weight is 245 g/mol. The SMILES string of the molecule is CC(C)NC1=NC(C(C)c2ccccc2)C(=O)N1. The van der Waals surface area contributed by atoms with Crippen molar-refractivity contribution in [2.24, 2.45) is 4.99 Å². The van der Waals surface area contributed by atoms with E-state index in [1.165, 1.54) is 0 Å². The molecule has 2 unspecified atom stereocenters. The number of amides is 1. The van der Waals surface area contributed by atoms with E-state index >= 15 is 0 Å². The fourth-order valence-electron chi connectivity index (χ4n) is 2.05. The van der Waals surface area contributed by atoms with Crippen molar-refractivity contribution in [1.82, 2.24) is 10.6 Å². The first-order valence-corrected chi connectivity index (χ1v) is 6.28. The molecule has 2 N–H and O–H groups in total. The number of guanidine groups is 1. The summed E-state index contributed by atoms with van der Waals surface area (Å²) in [5.41, 5.74) is 1.13. The fraction of sp³-hybridized carbons (Fsp3) is 0.429. The standard InChI is InChI=1S/C14H19N3O/c1-9(2)15-14-16-12(13(18)17-14)10(3)11-7-5-4-6-8-11/h4-10,12H,1-3H3,(H2,15,16,17,18). The maximum atomic E-state index is 11.9. The van der Waals surface area contributed by atoms with Gasteiger partial charge in [0, 0.05) is 12.0 Å². The van der Waals surface area contributed by atoms with Crippen molar-refractivity contribution in [2.75, 3.05) is 0 Å². The van der Waals surface area contributed by atoms with Gasteiger partial charge in [-0.2, -0.15) is 0 Å². The summed E-state index contributed by atoms with van der Waals surface area (Å²) in [7, 11) is 0. The van der Waals surface area contributed by atoms with E-state index in [0.717, 1.165) is 5.56 Å². The van der Waals surface area contributed by atoms with E-state index in [-0.39, 0.29) is 23.9 Å². The number of nitrogens with one attached hydrogen (secondary N) is 2. The van der Waals surface area contributed by atoms with E-state index in [0.29, 0.717) is 5.96 Å². The zero-order valence-electron chi connectivity index (χ0n) is 11.0. The molecule has 2 atom stereocenters. The van der Waals surface area contributed by atoms with Crippen molar-refractivity contribution in [2.45, 2.75) is 38.8 Å². The van der Waals surface area contributed by atoms with Crippen molar-refractivity contribution < 1.29 is 4.79 Å². The number of nitrogens with zero attached hydrogens (tertiary/aromatic N) is 1. The fourth-order valence-corrected chi connectivity index (χ4v) is 2.05. The van der Waals surface area contributed by atoms with E-state index in [1.54, 1.807) is 0 Å². The third-order valence-corrected chi connectivity index (χ3v) is 3.00. The Hall–Kier alpha value is -1.84. The van der Waals surface area contributed by atoms with Crippen LogP contribution in [0.25, 0.3) is 0 Å². The number of carbonyl (C=O) groups excluding carboxylic acids is 1. The van der Waals surface area contributed by atoms with E-state index < -0.39 is 0 Å². The minimum Gasteiger partial charge on any atom is -0.354 e. The van der Waals surface area contributed by atoms with Crippen LogP contribution >= 0.6 is 0 Å². The Morgan fingerprint density at radius 2 is 1.89 bits per heavy atom. The molecule has 1 aliphatic rings. The summed E-state index contributed by atoms with van der Waals surface area (Å²) < 4.78 is 0. The zero-order valence-corrected chi connectivity index (χ0v) is 11.0. The molecule has 0 aromatic heterocycles. The molecule has 1 heterocycles. The van der Waals surface area contributed by atoms with Gasteiger partial charge in [0.05, 0.1) is 0 Å². The van der Waals surface area contributed by atoms with Crippen LogP contribution in [0.5, 0.6) is 0 Å². The number of benzene rings is 1. The molecule has 0 bridgehead atoms. The lowest BCUT2D eigenvalue weighted by molar-refractivity contribution is -0.120. The first-order chi connectivity index (χ1) is 8.58. The highest BCUT2D eigenvalue weighted by molar-refractivity contribution is 6.05. The number of carbonyl (C=O) groups is 1. The molecule has 0 aliphatic carbocycles. The summed E-state index contributed by atoms with van der Waals surface area (Å²) in [5.74, 6) is 0.634. The van der Waals surface area contributed by atoms with Crippen LogP contribution in [0.4, 0.5) is 0 Å². The molecule has 1 aromatic carbocycles. The van der Waals surface area contributed by atoms with Gasteiger partial charge in [0.1, 0.15) is 6.04 Å². The maximum Gasteiger partial charge on any atom is 0.252 e. The van der Waals surface area contributed by atoms with Gasteiger partial charge >= 0.3 is 0 Å². The van der Waals surface area contributed by atoms with E-state index in [1.807, 2.05) is 51.1 Å². The van der Waals surface area contributed by atoms with Crippen molar-refractivity contribution in [3.63, 3.8) is 0 Å². The topological polar surface area (TPSA) is 53.5 Å². The summed E-state index contributed by atoms with van der Waals surface area (Å²) in [6, 6.07) is 9.91. The second kappa shape index (κ2) is 5.21. The predicted molar refractivity (Wildman–Crippen MR) is 72.5 cm³/mol. The first-order valence-electron chi connectivity index (χ1n) is 6.28. The Morgan fingerprint density at radius 3 is 2.50 bits per heavy atom. The Bertz CT molecular complexity index is 453. The zero-order chi connectivity index (χ0) is 13.1. The normalized spacial score (nSPS) is 20.6. The van der Waals surface area contributed by atoms with Gasteiger partial charge in [-0.25, -0.2) is 4.99 Å². The van der Waals surface area contributed by atoms with Crippen LogP contribution in [0.2, 0.25) is 0 Å². The highest BCUT2D eigenvalue weighted by Gasteiger charge is 2.32. The first kappa shape index (κ1) is 12.6. The van der Waals surface area contributed by atoms with Crippen LogP contribution in [0.15, 0.2) is 35.3 Å². The second-order valence-corrected chi connectivity index (χ2v) is 4.91. The van der Waals surface area contributed by atoms with E-state index in [4.69, 9.17) is 0 Å². The molecule has 0 saturated heterocycles. The highest BCUT2D eigenvalue weighted by Crippen LogP contribution is 2.23. The monoisotopic (exact) mass is 245 g/mol. The molecule has 4 nitrogen and oxygen atoms in total. The van der Waals surface area contributed by atoms with Crippen LogP contribution in [-0.2, 0) is 4.79 Å². The molecule has 0 saturated carbocycles. The number of rotatable bonds is 3. The number of hydrogen-bond acceptors (Lipinski definition) is 3. The Morgan fingerprint density at radius 1 is 1.22 bits per heavy atom. The summed E-state index contributed by atoms with van der Waals surface area (Å²) in [6.45, 7) is 6.06. The Labute approximate surface area is 108 Å². The maximum absolute atomic E-state index is 11.9. The molecule has 4 heteroatoms. The van der Waals surface area contributed by atoms with Crippen LogP contribution in [0.3, 0.4) is 0 Å². The van der Waals surface area contributed by atoms with Crippen LogP contribution in [0.1, 0.15) is 32.3 Å². The summed E-state index contributed by atoms with van der Waals surface area (Å²) in [4.78, 5) is 16.3. The van der Waals surface area contributed by atoms with Crippen molar-refractivity contribution >= 4 is 11.9 Å². The lowest BCUT2D eigenvalue weighted by Crippen LogP contribution is -2.40. The largest absolute Gasteiger partial charge is 0.354 e. The lowest BCUT2D eigenvalue weighted by atomic mass is 9.94. The third kappa shape index (κ3) is 2.70. The van der Waals surface area contributed by atoms with Crippen molar-refractivity contribution in [1.29, 1.82) is 0 Å². The molecular weight excluding hydrogens is 226 g/mol. The lowest BCUT2D eigenvalue weighted by Gasteiger charge is -2.14. The van der Waals surface area contributed by atoms with Gasteiger partial charge in [0.15, 0.2) is 5.96 Å². The molecule has 0 fully saturated rings. The molecule has 2 rings (SSSR count). The molecule has 1 amide bonds. The van der Waals surface area contributed by atoms with Gasteiger partial charge in [-0.15, -0.1) is 0 Å². The van der Waals surface area contributed by atoms with Gasteiger partial charge in [0.25, 0.3) is 5.91 Å². The molecule has 1 aromatic rings. The van der Waals surface area contributed by atoms with Gasteiger partial charge < -0.3 is 5.32 Å². The number of aliphatic imine (C=N–C) groups is 1. The highest BCUT2D eigenvalue weighted by atomic mass is 16.2. The molecule has 0 spiro atoms. The third-order valence-electron chi connectivity index (χ3n) is 3.00. The van der Waals surface area contributed by atoms with Crippen LogP contribution in [-0.4, -0.2) is 24.0 Å². The second-order valence-electron chi connectivity index (χ2n) is 4.91. The van der Waals surface area contributed by atoms with Gasteiger partial charge in [-0.1, -0.05) is 37.3 Å². The van der Waals surface area contributed by atoms with Gasteiger partial charge in [-0.3, -0.25) is 10.1 Å². The van der Waals surface area contributed by atoms with E-state index in [9.17, 15) is 4.79 Å². The Kier molecular flexibility index (Phi) is 3.65. The quantitative estimate of drug-likeness (QED) is 0.850. The van der Waals surface area contributed by atoms with Crippen molar-refractivity contribution in [3.8, 4) is 0 Å². The van der Waals surface area contributed by atoms with E-state index in [2.05, 4.69) is 15.6 Å². The molecule has 1 aliphatic heterocycles. The smallest absolute Gasteiger partial charge is 0.252 e. The van der Waals surface area contributed by atoms with Crippen LogP contribution in [0, 0.1) is 0 Å². The Balaban J connectivity index is 2.13. The van der Waals surface area contributed by atoms with Crippen LogP contribution < -0.4 is 10.6 Å². The van der Waals surface area contributed by atoms with Crippen molar-refractivity contribution in [3.05, 3.63) is 35.9 Å². The molecular formula is C14H19N3O. The molecule has 0 radical (unpaired) electrons. The summed E-state index contributed by atoms with van der Waals surface area (Å²) in [6.07, 6.45) is 0. The average Bonchev–Trinajstić information content (AvgIpc) is 2.69. The number of hydrogen-bond donors (Lipinski definition) is 2. The summed E-state index contributed by atoms with van der Waals surface area (Å²) in [5, 5.41) is 5.91. The minimum atomic E-state index is -0.339.